The fraction of sp³-hybridized carbons (Fsp3) is 0.467. The number of fused-ring (bicyclic) bond motifs is 7. The van der Waals surface area contributed by atoms with E-state index in [1.807, 2.05) is 0 Å². The molecule has 0 saturated heterocycles. The first kappa shape index (κ1) is 42.5. The van der Waals surface area contributed by atoms with Crippen molar-refractivity contribution in [2.75, 3.05) is 9.80 Å². The van der Waals surface area contributed by atoms with E-state index in [-0.39, 0.29) is 33.8 Å². The first-order valence-electron chi connectivity index (χ1n) is 24.6. The molecule has 0 aromatic heterocycles. The average molecular weight is 833 g/mol. The van der Waals surface area contributed by atoms with Gasteiger partial charge >= 0.3 is 0 Å². The van der Waals surface area contributed by atoms with Crippen LogP contribution in [0.4, 0.5) is 28.4 Å². The number of hydrogen-bond donors (Lipinski definition) is 0. The molecular weight excluding hydrogens is 759 g/mol. The fourth-order valence-corrected chi connectivity index (χ4v) is 12.5. The van der Waals surface area contributed by atoms with Crippen LogP contribution in [0.2, 0.25) is 0 Å². The Balaban J connectivity index is 1.28. The summed E-state index contributed by atoms with van der Waals surface area (Å²) in [6, 6.07) is 27.9. The molecule has 0 saturated carbocycles. The van der Waals surface area contributed by atoms with Gasteiger partial charge in [-0.2, -0.15) is 0 Å². The largest absolute Gasteiger partial charge is 0.334 e. The summed E-state index contributed by atoms with van der Waals surface area (Å²) in [5, 5.41) is 0. The Kier molecular flexibility index (Phi) is 9.78. The summed E-state index contributed by atoms with van der Waals surface area (Å²) in [6.07, 6.45) is 23.1. The molecule has 0 N–H and O–H groups in total. The van der Waals surface area contributed by atoms with Crippen LogP contribution in [0.15, 0.2) is 109 Å². The van der Waals surface area contributed by atoms with Gasteiger partial charge in [0, 0.05) is 39.4 Å². The van der Waals surface area contributed by atoms with Gasteiger partial charge in [-0.05, 0) is 159 Å². The van der Waals surface area contributed by atoms with Crippen LogP contribution >= 0.6 is 0 Å². The molecule has 4 aromatic carbocycles. The number of rotatable bonds is 5. The maximum Gasteiger partial charge on any atom is 0.252 e. The molecular formula is C60H73BN2. The van der Waals surface area contributed by atoms with Gasteiger partial charge in [0.15, 0.2) is 0 Å². The van der Waals surface area contributed by atoms with Crippen LogP contribution in [-0.4, -0.2) is 12.8 Å². The van der Waals surface area contributed by atoms with Crippen molar-refractivity contribution in [1.82, 2.24) is 0 Å². The number of allylic oxidation sites excluding steroid dienone is 7. The third-order valence-electron chi connectivity index (χ3n) is 16.8. The number of hydrogen-bond acceptors (Lipinski definition) is 2. The molecule has 326 valence electrons. The quantitative estimate of drug-likeness (QED) is 0.129. The van der Waals surface area contributed by atoms with Crippen molar-refractivity contribution in [3.8, 4) is 0 Å². The molecule has 10 rings (SSSR count). The van der Waals surface area contributed by atoms with Gasteiger partial charge in [-0.25, -0.2) is 0 Å². The lowest BCUT2D eigenvalue weighted by Gasteiger charge is -2.47. The topological polar surface area (TPSA) is 6.48 Å². The molecule has 3 aliphatic heterocycles. The van der Waals surface area contributed by atoms with E-state index in [1.54, 1.807) is 11.1 Å². The van der Waals surface area contributed by atoms with E-state index in [0.29, 0.717) is 17.9 Å². The summed E-state index contributed by atoms with van der Waals surface area (Å²) in [7, 11) is 0. The highest BCUT2D eigenvalue weighted by molar-refractivity contribution is 7.00. The second-order valence-corrected chi connectivity index (χ2v) is 24.5. The van der Waals surface area contributed by atoms with Gasteiger partial charge in [0.1, 0.15) is 0 Å². The maximum absolute atomic E-state index is 2.88. The monoisotopic (exact) mass is 833 g/mol. The minimum absolute atomic E-state index is 0.0105. The Bertz CT molecular complexity index is 2620. The average Bonchev–Trinajstić information content (AvgIpc) is 3.58. The van der Waals surface area contributed by atoms with Gasteiger partial charge in [-0.3, -0.25) is 0 Å². The van der Waals surface area contributed by atoms with E-state index in [9.17, 15) is 0 Å². The molecule has 3 atom stereocenters. The smallest absolute Gasteiger partial charge is 0.252 e. The van der Waals surface area contributed by atoms with Crippen molar-refractivity contribution < 1.29 is 0 Å². The third-order valence-corrected chi connectivity index (χ3v) is 16.8. The minimum atomic E-state index is -0.105. The van der Waals surface area contributed by atoms with Crippen molar-refractivity contribution in [3.05, 3.63) is 137 Å². The molecule has 3 aliphatic carbocycles. The van der Waals surface area contributed by atoms with Gasteiger partial charge in [-0.1, -0.05) is 162 Å². The summed E-state index contributed by atoms with van der Waals surface area (Å²) in [5.41, 5.74) is 21.6. The lowest BCUT2D eigenvalue weighted by Crippen LogP contribution is -2.62. The van der Waals surface area contributed by atoms with Crippen molar-refractivity contribution >= 4 is 57.1 Å². The van der Waals surface area contributed by atoms with Crippen LogP contribution in [0.3, 0.4) is 0 Å². The predicted molar refractivity (Wildman–Crippen MR) is 275 cm³/mol. The second-order valence-electron chi connectivity index (χ2n) is 24.5. The predicted octanol–water partition coefficient (Wildman–Crippen LogP) is 14.4. The molecule has 0 radical (unpaired) electrons. The number of benzene rings is 4. The van der Waals surface area contributed by atoms with Crippen LogP contribution < -0.4 is 26.2 Å². The molecule has 3 heterocycles. The van der Waals surface area contributed by atoms with Crippen molar-refractivity contribution in [2.24, 2.45) is 17.3 Å². The van der Waals surface area contributed by atoms with Crippen LogP contribution in [0.25, 0.3) is 5.57 Å². The molecule has 2 nitrogen and oxygen atoms in total. The van der Waals surface area contributed by atoms with Crippen molar-refractivity contribution in [2.45, 2.75) is 163 Å². The Morgan fingerprint density at radius 3 is 1.92 bits per heavy atom. The third kappa shape index (κ3) is 6.79. The van der Waals surface area contributed by atoms with Gasteiger partial charge in [-0.15, -0.1) is 0 Å². The maximum atomic E-state index is 2.88. The lowest BCUT2D eigenvalue weighted by atomic mass is 9.33. The molecule has 0 fully saturated rings. The van der Waals surface area contributed by atoms with E-state index < -0.39 is 0 Å². The van der Waals surface area contributed by atoms with Gasteiger partial charge < -0.3 is 9.80 Å². The summed E-state index contributed by atoms with van der Waals surface area (Å²) in [5.74, 6) is 1.26. The molecule has 3 unspecified atom stereocenters. The SMILES string of the molecule is CC(C)(C)c1ccc(N2c3ccc(C(C)(C)C)cc3B3c4cc(C(C)(C)C5=CC=CCC5)cc5c4N(c4cc(C(C)(C)C)cc2c43)C2CCC(C(C)(C)C3CC=CCC3)C=C52)cc1. The molecule has 0 amide bonds. The second kappa shape index (κ2) is 14.5. The first-order chi connectivity index (χ1) is 29.7. The normalized spacial score (nSPS) is 21.7. The molecule has 0 bridgehead atoms. The van der Waals surface area contributed by atoms with Gasteiger partial charge in [0.25, 0.3) is 6.71 Å². The van der Waals surface area contributed by atoms with E-state index >= 15 is 0 Å². The molecule has 63 heavy (non-hydrogen) atoms. The summed E-state index contributed by atoms with van der Waals surface area (Å²) in [6.45, 7) is 31.6. The van der Waals surface area contributed by atoms with Crippen LogP contribution in [-0.2, 0) is 21.7 Å². The highest BCUT2D eigenvalue weighted by Gasteiger charge is 2.52. The zero-order chi connectivity index (χ0) is 44.6. The lowest BCUT2D eigenvalue weighted by molar-refractivity contribution is 0.123. The Morgan fingerprint density at radius 2 is 1.27 bits per heavy atom. The molecule has 6 aliphatic rings. The standard InChI is InChI=1S/C60H73BN2/c1-56(2,3)38-24-28-45(29-25-38)62-51-31-26-41(57(4,5)6)34-48(51)61-49-35-44(60(12,13)40-22-18-15-19-23-40)33-47-46-32-42(59(10,11)39-20-16-14-17-21-39)27-30-50(46)63(55(47)49)53-37-43(58(7,8)9)36-52(62)54(53)61/h14-16,18,22,24-26,28-29,31-37,39,42,50H,17,19-21,23,27,30H2,1-13H3. The molecule has 3 heteroatoms. The van der Waals surface area contributed by atoms with Crippen LogP contribution in [0.1, 0.15) is 163 Å². The summed E-state index contributed by atoms with van der Waals surface area (Å²) in [4.78, 5) is 5.52. The fourth-order valence-electron chi connectivity index (χ4n) is 12.5. The first-order valence-corrected chi connectivity index (χ1v) is 24.6. The Morgan fingerprint density at radius 1 is 0.587 bits per heavy atom. The zero-order valence-corrected chi connectivity index (χ0v) is 41.0. The highest BCUT2D eigenvalue weighted by atomic mass is 15.2. The van der Waals surface area contributed by atoms with Crippen molar-refractivity contribution in [3.63, 3.8) is 0 Å². The van der Waals surface area contributed by atoms with E-state index in [0.717, 1.165) is 12.8 Å². The minimum Gasteiger partial charge on any atom is -0.334 e. The number of anilines is 5. The Hall–Kier alpha value is -4.50. The van der Waals surface area contributed by atoms with E-state index in [4.69, 9.17) is 0 Å². The number of nitrogens with zero attached hydrogens (tertiary/aromatic N) is 2. The van der Waals surface area contributed by atoms with Gasteiger partial charge in [0.2, 0.25) is 0 Å². The zero-order valence-electron chi connectivity index (χ0n) is 41.0. The summed E-state index contributed by atoms with van der Waals surface area (Å²) >= 11 is 0. The van der Waals surface area contributed by atoms with Crippen LogP contribution in [0, 0.1) is 17.3 Å². The van der Waals surface area contributed by atoms with E-state index in [1.165, 1.54) is 105 Å². The summed E-state index contributed by atoms with van der Waals surface area (Å²) < 4.78 is 0. The van der Waals surface area contributed by atoms with E-state index in [2.05, 4.69) is 203 Å². The van der Waals surface area contributed by atoms with Crippen molar-refractivity contribution in [1.29, 1.82) is 0 Å². The van der Waals surface area contributed by atoms with Crippen LogP contribution in [0.5, 0.6) is 0 Å². The molecule has 4 aromatic rings. The Labute approximate surface area is 381 Å². The highest BCUT2D eigenvalue weighted by Crippen LogP contribution is 2.57. The molecule has 0 spiro atoms. The van der Waals surface area contributed by atoms with Gasteiger partial charge in [0.05, 0.1) is 6.04 Å².